The van der Waals surface area contributed by atoms with Crippen LogP contribution in [0.25, 0.3) is 0 Å². The molecule has 1 N–H and O–H groups in total. The van der Waals surface area contributed by atoms with Crippen LogP contribution in [0.5, 0.6) is 0 Å². The zero-order valence-electron chi connectivity index (χ0n) is 15.1. The Morgan fingerprint density at radius 2 is 1.96 bits per heavy atom. The molecule has 6 heteroatoms. The molecule has 1 unspecified atom stereocenters. The Balaban J connectivity index is 1.87. The van der Waals surface area contributed by atoms with E-state index in [0.29, 0.717) is 19.5 Å². The zero-order chi connectivity index (χ0) is 18.4. The van der Waals surface area contributed by atoms with Crippen LogP contribution in [0, 0.1) is 0 Å². The fourth-order valence-corrected chi connectivity index (χ4v) is 2.47. The fraction of sp³-hybridized carbons (Fsp3) is 0.474. The van der Waals surface area contributed by atoms with Crippen molar-refractivity contribution in [2.45, 2.75) is 45.4 Å². The smallest absolute Gasteiger partial charge is 0.410 e. The first-order chi connectivity index (χ1) is 11.7. The van der Waals surface area contributed by atoms with Crippen molar-refractivity contribution in [1.29, 1.82) is 0 Å². The molecular formula is C19H26N2O4. The largest absolute Gasteiger partial charge is 0.445 e. The molecule has 6 nitrogen and oxygen atoms in total. The molecular weight excluding hydrogens is 320 g/mol. The Morgan fingerprint density at radius 1 is 1.28 bits per heavy atom. The van der Waals surface area contributed by atoms with Crippen molar-refractivity contribution in [2.24, 2.45) is 0 Å². The molecule has 2 rings (SSSR count). The Morgan fingerprint density at radius 3 is 2.60 bits per heavy atom. The maximum atomic E-state index is 12.3. The minimum absolute atomic E-state index is 0.223. The van der Waals surface area contributed by atoms with Gasteiger partial charge in [-0.3, -0.25) is 0 Å². The highest BCUT2D eigenvalue weighted by Crippen LogP contribution is 2.17. The van der Waals surface area contributed by atoms with E-state index in [2.05, 4.69) is 11.9 Å². The second-order valence-electron chi connectivity index (χ2n) is 7.09. The standard InChI is InChI=1S/C19H26N2O4/c1-14-10-11-21(12-16(14)20-17(22)25-19(2,3)4)18(23)24-13-15-8-6-5-7-9-15/h5-9,16H,1,10-13H2,2-4H3,(H,20,22). The Hall–Kier alpha value is -2.50. The lowest BCUT2D eigenvalue weighted by atomic mass is 10.0. The predicted molar refractivity (Wildman–Crippen MR) is 95.1 cm³/mol. The number of ether oxygens (including phenoxy) is 2. The lowest BCUT2D eigenvalue weighted by molar-refractivity contribution is 0.0478. The van der Waals surface area contributed by atoms with Crippen LogP contribution in [0.4, 0.5) is 9.59 Å². The van der Waals surface area contributed by atoms with Gasteiger partial charge >= 0.3 is 12.2 Å². The highest BCUT2D eigenvalue weighted by molar-refractivity contribution is 5.70. The minimum Gasteiger partial charge on any atom is -0.445 e. The van der Waals surface area contributed by atoms with Crippen LogP contribution in [0.3, 0.4) is 0 Å². The minimum atomic E-state index is -0.575. The normalized spacial score (nSPS) is 17.8. The van der Waals surface area contributed by atoms with E-state index < -0.39 is 17.8 Å². The van der Waals surface area contributed by atoms with E-state index in [0.717, 1.165) is 11.1 Å². The van der Waals surface area contributed by atoms with E-state index >= 15 is 0 Å². The number of likely N-dealkylation sites (tertiary alicyclic amines) is 1. The van der Waals surface area contributed by atoms with Crippen LogP contribution in [-0.4, -0.2) is 41.8 Å². The lowest BCUT2D eigenvalue weighted by Gasteiger charge is -2.34. The highest BCUT2D eigenvalue weighted by Gasteiger charge is 2.29. The summed E-state index contributed by atoms with van der Waals surface area (Å²) in [6, 6.07) is 9.17. The summed E-state index contributed by atoms with van der Waals surface area (Å²) in [5.41, 5.74) is 1.23. The van der Waals surface area contributed by atoms with Crippen molar-refractivity contribution in [3.8, 4) is 0 Å². The molecule has 0 bridgehead atoms. The summed E-state index contributed by atoms with van der Waals surface area (Å²) < 4.78 is 10.6. The van der Waals surface area contributed by atoms with Crippen molar-refractivity contribution >= 4 is 12.2 Å². The average Bonchev–Trinajstić information content (AvgIpc) is 2.54. The van der Waals surface area contributed by atoms with Gasteiger partial charge in [-0.2, -0.15) is 0 Å². The number of hydrogen-bond acceptors (Lipinski definition) is 4. The maximum absolute atomic E-state index is 12.3. The van der Waals surface area contributed by atoms with E-state index in [9.17, 15) is 9.59 Å². The molecule has 2 amide bonds. The zero-order valence-corrected chi connectivity index (χ0v) is 15.1. The molecule has 1 saturated heterocycles. The SMILES string of the molecule is C=C1CCN(C(=O)OCc2ccccc2)CC1NC(=O)OC(C)(C)C. The highest BCUT2D eigenvalue weighted by atomic mass is 16.6. The Bertz CT molecular complexity index is 622. The molecule has 0 spiro atoms. The topological polar surface area (TPSA) is 67.9 Å². The van der Waals surface area contributed by atoms with Crippen molar-refractivity contribution in [3.63, 3.8) is 0 Å². The molecule has 1 aliphatic heterocycles. The van der Waals surface area contributed by atoms with Crippen LogP contribution in [0.15, 0.2) is 42.5 Å². The van der Waals surface area contributed by atoms with Gasteiger partial charge in [0.2, 0.25) is 0 Å². The molecule has 25 heavy (non-hydrogen) atoms. The van der Waals surface area contributed by atoms with Gasteiger partial charge in [0.05, 0.1) is 6.04 Å². The number of carbonyl (C=O) groups excluding carboxylic acids is 2. The molecule has 136 valence electrons. The van der Waals surface area contributed by atoms with Crippen molar-refractivity contribution in [3.05, 3.63) is 48.0 Å². The van der Waals surface area contributed by atoms with Crippen LogP contribution in [0.1, 0.15) is 32.8 Å². The van der Waals surface area contributed by atoms with Gasteiger partial charge in [0.25, 0.3) is 0 Å². The number of nitrogens with one attached hydrogen (secondary N) is 1. The van der Waals surface area contributed by atoms with Gasteiger partial charge in [-0.25, -0.2) is 9.59 Å². The first kappa shape index (κ1) is 18.8. The summed E-state index contributed by atoms with van der Waals surface area (Å²) >= 11 is 0. The molecule has 0 aliphatic carbocycles. The quantitative estimate of drug-likeness (QED) is 0.851. The molecule has 0 saturated carbocycles. The number of amides is 2. The molecule has 1 aromatic carbocycles. The molecule has 1 aliphatic rings. The summed E-state index contributed by atoms with van der Waals surface area (Å²) in [5, 5.41) is 2.77. The van der Waals surface area contributed by atoms with Gasteiger partial charge in [-0.05, 0) is 32.8 Å². The first-order valence-corrected chi connectivity index (χ1v) is 8.37. The fourth-order valence-electron chi connectivity index (χ4n) is 2.47. The van der Waals surface area contributed by atoms with Crippen LogP contribution in [-0.2, 0) is 16.1 Å². The Labute approximate surface area is 148 Å². The third kappa shape index (κ3) is 6.14. The molecule has 1 aromatic rings. The number of piperidine rings is 1. The van der Waals surface area contributed by atoms with Gasteiger partial charge in [-0.15, -0.1) is 0 Å². The maximum Gasteiger partial charge on any atom is 0.410 e. The molecule has 1 atom stereocenters. The van der Waals surface area contributed by atoms with Crippen LogP contribution < -0.4 is 5.32 Å². The number of nitrogens with zero attached hydrogens (tertiary/aromatic N) is 1. The van der Waals surface area contributed by atoms with E-state index in [1.807, 2.05) is 30.3 Å². The molecule has 1 fully saturated rings. The van der Waals surface area contributed by atoms with Gasteiger partial charge in [-0.1, -0.05) is 42.5 Å². The van der Waals surface area contributed by atoms with Crippen molar-refractivity contribution in [2.75, 3.05) is 13.1 Å². The molecule has 0 aromatic heterocycles. The van der Waals surface area contributed by atoms with E-state index in [1.165, 1.54) is 0 Å². The number of alkyl carbamates (subject to hydrolysis) is 1. The third-order valence-electron chi connectivity index (χ3n) is 3.75. The lowest BCUT2D eigenvalue weighted by Crippen LogP contribution is -2.51. The monoisotopic (exact) mass is 346 g/mol. The molecule has 1 heterocycles. The second-order valence-corrected chi connectivity index (χ2v) is 7.09. The van der Waals surface area contributed by atoms with Crippen LogP contribution in [0.2, 0.25) is 0 Å². The van der Waals surface area contributed by atoms with Crippen molar-refractivity contribution in [1.82, 2.24) is 10.2 Å². The van der Waals surface area contributed by atoms with E-state index in [-0.39, 0.29) is 12.6 Å². The first-order valence-electron chi connectivity index (χ1n) is 8.37. The third-order valence-corrected chi connectivity index (χ3v) is 3.75. The summed E-state index contributed by atoms with van der Waals surface area (Å²) in [5.74, 6) is 0. The van der Waals surface area contributed by atoms with Crippen LogP contribution >= 0.6 is 0 Å². The average molecular weight is 346 g/mol. The van der Waals surface area contributed by atoms with Gasteiger partial charge in [0.1, 0.15) is 12.2 Å². The summed E-state index contributed by atoms with van der Waals surface area (Å²) in [6.45, 7) is 10.5. The Kier molecular flexibility index (Phi) is 6.07. The number of rotatable bonds is 3. The van der Waals surface area contributed by atoms with Gasteiger partial charge in [0.15, 0.2) is 0 Å². The van der Waals surface area contributed by atoms with Crippen molar-refractivity contribution < 1.29 is 19.1 Å². The van der Waals surface area contributed by atoms with E-state index in [1.54, 1.807) is 25.7 Å². The predicted octanol–water partition coefficient (Wildman–Crippen LogP) is 3.48. The van der Waals surface area contributed by atoms with E-state index in [4.69, 9.17) is 9.47 Å². The second kappa shape index (κ2) is 8.05. The number of benzene rings is 1. The number of carbonyl (C=O) groups is 2. The summed E-state index contributed by atoms with van der Waals surface area (Å²) in [6.07, 6.45) is -0.300. The summed E-state index contributed by atoms with van der Waals surface area (Å²) in [7, 11) is 0. The van der Waals surface area contributed by atoms with Gasteiger partial charge in [0, 0.05) is 13.1 Å². The summed E-state index contributed by atoms with van der Waals surface area (Å²) in [4.78, 5) is 25.8. The van der Waals surface area contributed by atoms with Gasteiger partial charge < -0.3 is 19.7 Å². The number of hydrogen-bond donors (Lipinski definition) is 1. The molecule has 0 radical (unpaired) electrons.